The van der Waals surface area contributed by atoms with Gasteiger partial charge in [-0.3, -0.25) is 0 Å². The van der Waals surface area contributed by atoms with Crippen molar-refractivity contribution in [3.8, 4) is 22.6 Å². The molecule has 0 fully saturated rings. The Kier molecular flexibility index (Phi) is 6.61. The molecule has 0 aliphatic carbocycles. The van der Waals surface area contributed by atoms with Gasteiger partial charge in [0.1, 0.15) is 6.61 Å². The maximum Gasteiger partial charge on any atom is 0.363 e. The minimum Gasteiger partial charge on any atom is -0.493 e. The second-order valence-electron chi connectivity index (χ2n) is 7.56. The Balaban J connectivity index is 1.59. The Labute approximate surface area is 197 Å². The summed E-state index contributed by atoms with van der Waals surface area (Å²) >= 11 is 6.39. The van der Waals surface area contributed by atoms with Crippen molar-refractivity contribution >= 4 is 29.5 Å². The minimum absolute atomic E-state index is 0.172. The van der Waals surface area contributed by atoms with Crippen LogP contribution in [0.4, 0.5) is 0 Å². The summed E-state index contributed by atoms with van der Waals surface area (Å²) < 4.78 is 16.5. The van der Waals surface area contributed by atoms with Crippen molar-refractivity contribution in [2.24, 2.45) is 4.99 Å². The average Bonchev–Trinajstić information content (AvgIpc) is 3.18. The Bertz CT molecular complexity index is 1260. The summed E-state index contributed by atoms with van der Waals surface area (Å²) in [6.45, 7) is 5.99. The molecule has 1 aliphatic rings. The normalized spacial score (nSPS) is 14.1. The molecule has 166 valence electrons. The van der Waals surface area contributed by atoms with E-state index < -0.39 is 5.97 Å². The van der Waals surface area contributed by atoms with Crippen LogP contribution in [-0.2, 0) is 9.53 Å². The lowest BCUT2D eigenvalue weighted by molar-refractivity contribution is -0.129. The molecule has 1 heterocycles. The predicted molar refractivity (Wildman–Crippen MR) is 131 cm³/mol. The van der Waals surface area contributed by atoms with E-state index in [2.05, 4.69) is 11.6 Å². The fourth-order valence-electron chi connectivity index (χ4n) is 3.28. The number of ether oxygens (including phenoxy) is 3. The van der Waals surface area contributed by atoms with Gasteiger partial charge in [-0.1, -0.05) is 60.6 Å². The van der Waals surface area contributed by atoms with Gasteiger partial charge in [-0.05, 0) is 59.5 Å². The summed E-state index contributed by atoms with van der Waals surface area (Å²) in [6.07, 6.45) is 1.60. The first-order valence-electron chi connectivity index (χ1n) is 10.3. The van der Waals surface area contributed by atoms with Crippen molar-refractivity contribution < 1.29 is 19.0 Å². The van der Waals surface area contributed by atoms with E-state index in [1.807, 2.05) is 61.5 Å². The smallest absolute Gasteiger partial charge is 0.363 e. The molecule has 0 unspecified atom stereocenters. The topological polar surface area (TPSA) is 57.1 Å². The van der Waals surface area contributed by atoms with Crippen LogP contribution in [0, 0.1) is 0 Å². The lowest BCUT2D eigenvalue weighted by atomic mass is 10.0. The van der Waals surface area contributed by atoms with Gasteiger partial charge in [0.2, 0.25) is 5.90 Å². The van der Waals surface area contributed by atoms with Crippen molar-refractivity contribution in [2.75, 3.05) is 13.7 Å². The van der Waals surface area contributed by atoms with Gasteiger partial charge in [-0.15, -0.1) is 0 Å². The molecule has 33 heavy (non-hydrogen) atoms. The molecule has 0 radical (unpaired) electrons. The maximum atomic E-state index is 12.4. The maximum absolute atomic E-state index is 12.4. The van der Waals surface area contributed by atoms with Crippen LogP contribution >= 0.6 is 11.6 Å². The molecular formula is C27H22ClNO4. The van der Waals surface area contributed by atoms with Gasteiger partial charge in [-0.2, -0.15) is 0 Å². The number of nitrogens with zero attached hydrogens (tertiary/aromatic N) is 1. The first-order valence-corrected chi connectivity index (χ1v) is 10.7. The van der Waals surface area contributed by atoms with Crippen molar-refractivity contribution in [1.29, 1.82) is 0 Å². The molecule has 0 spiro atoms. The van der Waals surface area contributed by atoms with Gasteiger partial charge in [0.05, 0.1) is 12.1 Å². The third-order valence-electron chi connectivity index (χ3n) is 4.88. The van der Waals surface area contributed by atoms with Crippen LogP contribution in [0.25, 0.3) is 17.2 Å². The highest BCUT2D eigenvalue weighted by molar-refractivity contribution is 6.32. The lowest BCUT2D eigenvalue weighted by Crippen LogP contribution is -2.05. The first-order chi connectivity index (χ1) is 15.9. The van der Waals surface area contributed by atoms with Gasteiger partial charge >= 0.3 is 5.97 Å². The largest absolute Gasteiger partial charge is 0.493 e. The van der Waals surface area contributed by atoms with Crippen LogP contribution in [0.1, 0.15) is 18.1 Å². The molecule has 4 rings (SSSR count). The summed E-state index contributed by atoms with van der Waals surface area (Å²) in [4.78, 5) is 16.8. The monoisotopic (exact) mass is 459 g/mol. The van der Waals surface area contributed by atoms with Crippen LogP contribution in [0.2, 0.25) is 5.02 Å². The zero-order chi connectivity index (χ0) is 23.4. The number of rotatable bonds is 7. The summed E-state index contributed by atoms with van der Waals surface area (Å²) in [5, 5.41) is 0.356. The van der Waals surface area contributed by atoms with E-state index in [1.165, 1.54) is 7.11 Å². The number of methoxy groups -OCH3 is 1. The molecule has 0 aromatic heterocycles. The molecule has 3 aromatic rings. The number of benzene rings is 3. The molecule has 0 amide bonds. The number of halogens is 1. The second kappa shape index (κ2) is 9.76. The van der Waals surface area contributed by atoms with Crippen LogP contribution in [0.3, 0.4) is 0 Å². The number of hydrogen-bond donors (Lipinski definition) is 0. The molecule has 6 heteroatoms. The molecule has 0 N–H and O–H groups in total. The van der Waals surface area contributed by atoms with Gasteiger partial charge < -0.3 is 14.2 Å². The Morgan fingerprint density at radius 1 is 1.06 bits per heavy atom. The van der Waals surface area contributed by atoms with Crippen LogP contribution < -0.4 is 9.47 Å². The molecule has 0 bridgehead atoms. The van der Waals surface area contributed by atoms with Crippen molar-refractivity contribution in [2.45, 2.75) is 6.92 Å². The molecule has 0 atom stereocenters. The highest BCUT2D eigenvalue weighted by atomic mass is 35.5. The molecular weight excluding hydrogens is 438 g/mol. The Morgan fingerprint density at radius 2 is 1.73 bits per heavy atom. The van der Waals surface area contributed by atoms with Gasteiger partial charge in [0.15, 0.2) is 17.2 Å². The number of carbonyl (C=O) groups excluding carboxylic acids is 1. The molecule has 0 saturated carbocycles. The molecule has 5 nitrogen and oxygen atoms in total. The number of carbonyl (C=O) groups is 1. The Hall–Kier alpha value is -3.83. The predicted octanol–water partition coefficient (Wildman–Crippen LogP) is 6.32. The number of esters is 1. The average molecular weight is 460 g/mol. The van der Waals surface area contributed by atoms with E-state index in [4.69, 9.17) is 25.8 Å². The van der Waals surface area contributed by atoms with E-state index in [0.717, 1.165) is 16.7 Å². The second-order valence-corrected chi connectivity index (χ2v) is 7.97. The van der Waals surface area contributed by atoms with E-state index in [1.54, 1.807) is 18.2 Å². The molecule has 0 saturated heterocycles. The van der Waals surface area contributed by atoms with E-state index in [9.17, 15) is 4.79 Å². The van der Waals surface area contributed by atoms with Crippen LogP contribution in [0.15, 0.2) is 89.6 Å². The van der Waals surface area contributed by atoms with Gasteiger partial charge in [0.25, 0.3) is 0 Å². The number of hydrogen-bond acceptors (Lipinski definition) is 5. The number of cyclic esters (lactones) is 1. The van der Waals surface area contributed by atoms with Crippen molar-refractivity contribution in [1.82, 2.24) is 0 Å². The summed E-state index contributed by atoms with van der Waals surface area (Å²) in [5.74, 6) is 0.587. The van der Waals surface area contributed by atoms with E-state index >= 15 is 0 Å². The minimum atomic E-state index is -0.533. The summed E-state index contributed by atoms with van der Waals surface area (Å²) in [7, 11) is 1.52. The lowest BCUT2D eigenvalue weighted by Gasteiger charge is -2.13. The fraction of sp³-hybridized carbons (Fsp3) is 0.111. The molecule has 1 aliphatic heterocycles. The van der Waals surface area contributed by atoms with Crippen LogP contribution in [-0.4, -0.2) is 25.6 Å². The quantitative estimate of drug-likeness (QED) is 0.236. The van der Waals surface area contributed by atoms with Gasteiger partial charge in [-0.25, -0.2) is 9.79 Å². The van der Waals surface area contributed by atoms with E-state index in [0.29, 0.717) is 34.3 Å². The summed E-state index contributed by atoms with van der Waals surface area (Å²) in [5.41, 5.74) is 4.55. The standard InChI is InChI=1S/C27H22ClNO4/c1-17(2)16-32-25-22(28)13-18(15-24(25)31-3)14-23-27(30)33-26(29-23)21-11-9-20(10-12-21)19-7-5-4-6-8-19/h4-15H,1,16H2,2-3H3/b23-14-. The third kappa shape index (κ3) is 5.16. The van der Waals surface area contributed by atoms with Crippen LogP contribution in [0.5, 0.6) is 11.5 Å². The highest BCUT2D eigenvalue weighted by Crippen LogP contribution is 2.37. The summed E-state index contributed by atoms with van der Waals surface area (Å²) in [6, 6.07) is 21.1. The van der Waals surface area contributed by atoms with Crippen molar-refractivity contribution in [3.05, 3.63) is 101 Å². The fourth-order valence-corrected chi connectivity index (χ4v) is 3.56. The third-order valence-corrected chi connectivity index (χ3v) is 5.16. The van der Waals surface area contributed by atoms with E-state index in [-0.39, 0.29) is 11.6 Å². The number of aliphatic imine (C=N–C) groups is 1. The highest BCUT2D eigenvalue weighted by Gasteiger charge is 2.24. The SMILES string of the molecule is C=C(C)COc1c(Cl)cc(/C=C2\N=C(c3ccc(-c4ccccc4)cc3)OC2=O)cc1OC. The van der Waals surface area contributed by atoms with Gasteiger partial charge in [0, 0.05) is 5.56 Å². The Morgan fingerprint density at radius 3 is 2.39 bits per heavy atom. The van der Waals surface area contributed by atoms with Crippen molar-refractivity contribution in [3.63, 3.8) is 0 Å². The zero-order valence-electron chi connectivity index (χ0n) is 18.3. The first kappa shape index (κ1) is 22.4. The molecule has 3 aromatic carbocycles. The zero-order valence-corrected chi connectivity index (χ0v) is 19.1.